The van der Waals surface area contributed by atoms with Crippen molar-refractivity contribution in [2.75, 3.05) is 25.6 Å². The molecule has 2 unspecified atom stereocenters. The maximum Gasteiger partial charge on any atom is 0.0524 e. The summed E-state index contributed by atoms with van der Waals surface area (Å²) in [4.78, 5) is 2.29. The molecule has 0 aliphatic heterocycles. The van der Waals surface area contributed by atoms with Gasteiger partial charge in [-0.1, -0.05) is 0 Å². The Morgan fingerprint density at radius 3 is 2.42 bits per heavy atom. The van der Waals surface area contributed by atoms with E-state index in [-0.39, 0.29) is 6.10 Å². The first-order chi connectivity index (χ1) is 5.57. The van der Waals surface area contributed by atoms with Crippen LogP contribution in [0.2, 0.25) is 0 Å². The lowest BCUT2D eigenvalue weighted by Gasteiger charge is -2.24. The number of rotatable bonds is 6. The molecule has 0 aromatic heterocycles. The van der Waals surface area contributed by atoms with Gasteiger partial charge in [0, 0.05) is 18.3 Å². The van der Waals surface area contributed by atoms with Crippen molar-refractivity contribution in [2.45, 2.75) is 32.4 Å². The maximum absolute atomic E-state index is 9.08. The number of hydrogen-bond acceptors (Lipinski definition) is 3. The van der Waals surface area contributed by atoms with Gasteiger partial charge in [-0.05, 0) is 33.6 Å². The number of hydrogen-bond donors (Lipinski definition) is 1. The van der Waals surface area contributed by atoms with Crippen LogP contribution in [0.25, 0.3) is 0 Å². The predicted octanol–water partition coefficient (Wildman–Crippen LogP) is 1.44. The highest BCUT2D eigenvalue weighted by Gasteiger charge is 2.08. The molecule has 0 spiro atoms. The maximum atomic E-state index is 9.08. The van der Waals surface area contributed by atoms with Crippen LogP contribution in [0.15, 0.2) is 0 Å². The molecule has 0 radical (unpaired) electrons. The largest absolute Gasteiger partial charge is 0.393 e. The first-order valence-corrected chi connectivity index (χ1v) is 5.84. The molecule has 1 N–H and O–H groups in total. The van der Waals surface area contributed by atoms with Crippen LogP contribution in [0.5, 0.6) is 0 Å². The highest BCUT2D eigenvalue weighted by atomic mass is 32.2. The highest BCUT2D eigenvalue weighted by molar-refractivity contribution is 7.98. The number of aliphatic hydroxyl groups is 1. The van der Waals surface area contributed by atoms with E-state index in [2.05, 4.69) is 25.1 Å². The van der Waals surface area contributed by atoms with Crippen LogP contribution in [-0.4, -0.2) is 47.8 Å². The molecule has 0 fully saturated rings. The molecule has 0 aromatic rings. The zero-order valence-corrected chi connectivity index (χ0v) is 9.40. The standard InChI is InChI=1S/C9H21NOS/c1-8(7-12-4)10(3)6-5-9(2)11/h8-9,11H,5-7H2,1-4H3. The van der Waals surface area contributed by atoms with Crippen LogP contribution < -0.4 is 0 Å². The van der Waals surface area contributed by atoms with E-state index in [1.54, 1.807) is 0 Å². The Hall–Kier alpha value is 0.270. The summed E-state index contributed by atoms with van der Waals surface area (Å²) in [6.45, 7) is 5.05. The van der Waals surface area contributed by atoms with E-state index < -0.39 is 0 Å². The van der Waals surface area contributed by atoms with Crippen molar-refractivity contribution in [3.05, 3.63) is 0 Å². The van der Waals surface area contributed by atoms with Crippen molar-refractivity contribution < 1.29 is 5.11 Å². The topological polar surface area (TPSA) is 23.5 Å². The number of nitrogens with zero attached hydrogens (tertiary/aromatic N) is 1. The molecule has 3 heteroatoms. The number of aliphatic hydroxyl groups excluding tert-OH is 1. The van der Waals surface area contributed by atoms with Crippen molar-refractivity contribution in [3.63, 3.8) is 0 Å². The van der Waals surface area contributed by atoms with Gasteiger partial charge >= 0.3 is 0 Å². The summed E-state index contributed by atoms with van der Waals surface area (Å²) in [5.41, 5.74) is 0. The first-order valence-electron chi connectivity index (χ1n) is 4.45. The third-order valence-electron chi connectivity index (χ3n) is 2.06. The van der Waals surface area contributed by atoms with Crippen LogP contribution in [0.1, 0.15) is 20.3 Å². The van der Waals surface area contributed by atoms with Gasteiger partial charge in [-0.2, -0.15) is 11.8 Å². The molecule has 0 aliphatic carbocycles. The average Bonchev–Trinajstić information content (AvgIpc) is 2.00. The first kappa shape index (κ1) is 12.3. The van der Waals surface area contributed by atoms with E-state index in [1.807, 2.05) is 18.7 Å². The molecule has 0 saturated carbocycles. The summed E-state index contributed by atoms with van der Waals surface area (Å²) >= 11 is 1.87. The minimum atomic E-state index is -0.172. The van der Waals surface area contributed by atoms with Crippen molar-refractivity contribution >= 4 is 11.8 Å². The highest BCUT2D eigenvalue weighted by Crippen LogP contribution is 2.04. The quantitative estimate of drug-likeness (QED) is 0.687. The van der Waals surface area contributed by atoms with Gasteiger partial charge in [-0.25, -0.2) is 0 Å². The minimum absolute atomic E-state index is 0.172. The van der Waals surface area contributed by atoms with E-state index in [9.17, 15) is 0 Å². The third kappa shape index (κ3) is 5.86. The minimum Gasteiger partial charge on any atom is -0.393 e. The summed E-state index contributed by atoms with van der Waals surface area (Å²) in [6.07, 6.45) is 2.82. The van der Waals surface area contributed by atoms with E-state index >= 15 is 0 Å². The molecule has 0 aliphatic rings. The van der Waals surface area contributed by atoms with Gasteiger partial charge in [-0.15, -0.1) is 0 Å². The molecular weight excluding hydrogens is 170 g/mol. The van der Waals surface area contributed by atoms with Gasteiger partial charge in [0.1, 0.15) is 0 Å². The summed E-state index contributed by atoms with van der Waals surface area (Å²) in [6, 6.07) is 0.610. The lowest BCUT2D eigenvalue weighted by Crippen LogP contribution is -2.33. The molecule has 0 saturated heterocycles. The van der Waals surface area contributed by atoms with Crippen LogP contribution in [0.4, 0.5) is 0 Å². The SMILES string of the molecule is CSCC(C)N(C)CCC(C)O. The average molecular weight is 191 g/mol. The van der Waals surface area contributed by atoms with Crippen LogP contribution in [-0.2, 0) is 0 Å². The Balaban J connectivity index is 3.49. The second-order valence-electron chi connectivity index (χ2n) is 3.42. The zero-order chi connectivity index (χ0) is 9.56. The molecule has 2 atom stereocenters. The molecule has 74 valence electrons. The van der Waals surface area contributed by atoms with E-state index in [1.165, 1.54) is 0 Å². The Morgan fingerprint density at radius 1 is 1.42 bits per heavy atom. The molecular formula is C9H21NOS. The summed E-state index contributed by atoms with van der Waals surface area (Å²) in [5, 5.41) is 9.08. The third-order valence-corrected chi connectivity index (χ3v) is 2.88. The Kier molecular flexibility index (Phi) is 6.90. The van der Waals surface area contributed by atoms with E-state index in [0.29, 0.717) is 6.04 Å². The van der Waals surface area contributed by atoms with Gasteiger partial charge in [-0.3, -0.25) is 0 Å². The molecule has 12 heavy (non-hydrogen) atoms. The van der Waals surface area contributed by atoms with Crippen molar-refractivity contribution in [1.82, 2.24) is 4.90 Å². The van der Waals surface area contributed by atoms with Gasteiger partial charge in [0.05, 0.1) is 6.10 Å². The molecule has 0 heterocycles. The van der Waals surface area contributed by atoms with E-state index in [4.69, 9.17) is 5.11 Å². The molecule has 0 bridgehead atoms. The Morgan fingerprint density at radius 2 is 2.00 bits per heavy atom. The molecule has 0 aromatic carbocycles. The van der Waals surface area contributed by atoms with Crippen LogP contribution in [0, 0.1) is 0 Å². The Bertz CT molecular complexity index is 109. The predicted molar refractivity (Wildman–Crippen MR) is 56.8 cm³/mol. The summed E-state index contributed by atoms with van der Waals surface area (Å²) < 4.78 is 0. The second-order valence-corrected chi connectivity index (χ2v) is 4.33. The van der Waals surface area contributed by atoms with Gasteiger partial charge in [0.2, 0.25) is 0 Å². The van der Waals surface area contributed by atoms with Crippen LogP contribution in [0.3, 0.4) is 0 Å². The van der Waals surface area contributed by atoms with E-state index in [0.717, 1.165) is 18.7 Å². The van der Waals surface area contributed by atoms with Crippen molar-refractivity contribution in [1.29, 1.82) is 0 Å². The van der Waals surface area contributed by atoms with Gasteiger partial charge in [0.15, 0.2) is 0 Å². The van der Waals surface area contributed by atoms with Crippen molar-refractivity contribution in [2.24, 2.45) is 0 Å². The monoisotopic (exact) mass is 191 g/mol. The second kappa shape index (κ2) is 6.75. The lowest BCUT2D eigenvalue weighted by atomic mass is 10.2. The number of thioether (sulfide) groups is 1. The summed E-state index contributed by atoms with van der Waals surface area (Å²) in [7, 11) is 2.11. The normalized spacial score (nSPS) is 16.5. The fourth-order valence-corrected chi connectivity index (χ4v) is 1.72. The summed E-state index contributed by atoms with van der Waals surface area (Å²) in [5.74, 6) is 1.16. The Labute approximate surface area is 80.3 Å². The molecule has 0 rings (SSSR count). The van der Waals surface area contributed by atoms with Crippen molar-refractivity contribution in [3.8, 4) is 0 Å². The lowest BCUT2D eigenvalue weighted by molar-refractivity contribution is 0.156. The fraction of sp³-hybridized carbons (Fsp3) is 1.00. The van der Waals surface area contributed by atoms with Gasteiger partial charge < -0.3 is 10.0 Å². The molecule has 0 amide bonds. The smallest absolute Gasteiger partial charge is 0.0524 e. The zero-order valence-electron chi connectivity index (χ0n) is 8.58. The van der Waals surface area contributed by atoms with Crippen LogP contribution >= 0.6 is 11.8 Å². The molecule has 2 nitrogen and oxygen atoms in total. The fourth-order valence-electron chi connectivity index (χ4n) is 0.979. The van der Waals surface area contributed by atoms with Gasteiger partial charge in [0.25, 0.3) is 0 Å².